The molecule has 3 aliphatic heterocycles. The number of allylic oxidation sites excluding steroid dienone is 3. The molecule has 2 fully saturated rings. The van der Waals surface area contributed by atoms with Crippen molar-refractivity contribution in [3.63, 3.8) is 0 Å². The standard InChI is InChI=1S/C34H53NO8/c1-7-28(38)25(6)33-30(41-33)19-21(2)9-8-10-23(4)32-24(5)12-14-29(22(3)11-13-27(37)20-31(39)43-32)42-34(40)35-17-15-26(36)16-18-35/h8-10,12,14,21,24-30,32-33,36-38H,3,7,11,13,15-20H2,1-2,4-6H3/b9-8+,14-12+,23-10+. The number of aliphatic hydroxyl groups is 3. The fraction of sp³-hybridized carbons (Fsp3) is 0.706. The third-order valence-electron chi connectivity index (χ3n) is 8.90. The summed E-state index contributed by atoms with van der Waals surface area (Å²) in [6, 6.07) is 0. The zero-order valence-corrected chi connectivity index (χ0v) is 26.6. The first kappa shape index (κ1) is 35.0. The average molecular weight is 604 g/mol. The van der Waals surface area contributed by atoms with E-state index in [0.29, 0.717) is 44.3 Å². The molecule has 3 aliphatic rings. The quantitative estimate of drug-likeness (QED) is 0.148. The number of esters is 1. The molecule has 0 saturated carbocycles. The summed E-state index contributed by atoms with van der Waals surface area (Å²) in [6.45, 7) is 15.0. The van der Waals surface area contributed by atoms with Crippen molar-refractivity contribution >= 4 is 12.1 Å². The van der Waals surface area contributed by atoms with Gasteiger partial charge in [-0.3, -0.25) is 4.79 Å². The summed E-state index contributed by atoms with van der Waals surface area (Å²) in [5, 5.41) is 30.4. The van der Waals surface area contributed by atoms with E-state index in [1.165, 1.54) is 0 Å². The lowest BCUT2D eigenvalue weighted by Crippen LogP contribution is -2.41. The monoisotopic (exact) mass is 603 g/mol. The Morgan fingerprint density at radius 1 is 1.19 bits per heavy atom. The van der Waals surface area contributed by atoms with Crippen LogP contribution in [0, 0.1) is 17.8 Å². The molecule has 9 nitrogen and oxygen atoms in total. The molecule has 1 amide bonds. The van der Waals surface area contributed by atoms with Gasteiger partial charge in [0.05, 0.1) is 36.9 Å². The minimum absolute atomic E-state index is 0.105. The van der Waals surface area contributed by atoms with Crippen LogP contribution in [-0.4, -0.2) is 88.1 Å². The van der Waals surface area contributed by atoms with Gasteiger partial charge >= 0.3 is 12.1 Å². The molecule has 0 bridgehead atoms. The second-order valence-corrected chi connectivity index (χ2v) is 12.7. The number of hydrogen-bond donors (Lipinski definition) is 3. The third-order valence-corrected chi connectivity index (χ3v) is 8.90. The largest absolute Gasteiger partial charge is 0.457 e. The fourth-order valence-corrected chi connectivity index (χ4v) is 5.80. The summed E-state index contributed by atoms with van der Waals surface area (Å²) in [5.41, 5.74) is 1.49. The van der Waals surface area contributed by atoms with Gasteiger partial charge in [0.1, 0.15) is 12.2 Å². The fourth-order valence-electron chi connectivity index (χ4n) is 5.80. The molecule has 3 rings (SSSR count). The number of rotatable bonds is 9. The smallest absolute Gasteiger partial charge is 0.410 e. The van der Waals surface area contributed by atoms with Crippen LogP contribution in [0.4, 0.5) is 4.79 Å². The van der Waals surface area contributed by atoms with E-state index in [1.807, 2.05) is 45.9 Å². The van der Waals surface area contributed by atoms with Gasteiger partial charge < -0.3 is 34.4 Å². The van der Waals surface area contributed by atoms with Gasteiger partial charge in [-0.25, -0.2) is 4.79 Å². The predicted molar refractivity (Wildman–Crippen MR) is 165 cm³/mol. The van der Waals surface area contributed by atoms with E-state index < -0.39 is 36.5 Å². The third kappa shape index (κ3) is 10.9. The number of cyclic esters (lactones) is 1. The highest BCUT2D eigenvalue weighted by Crippen LogP contribution is 2.36. The molecule has 0 spiro atoms. The number of likely N-dealkylation sites (tertiary alicyclic amines) is 1. The number of carbonyl (C=O) groups is 2. The van der Waals surface area contributed by atoms with Crippen LogP contribution in [-0.2, 0) is 19.0 Å². The molecule has 3 heterocycles. The first-order valence-electron chi connectivity index (χ1n) is 15.9. The summed E-state index contributed by atoms with van der Waals surface area (Å²) in [6.07, 6.45) is 9.76. The van der Waals surface area contributed by atoms with Crippen LogP contribution in [0.1, 0.15) is 79.6 Å². The highest BCUT2D eigenvalue weighted by Gasteiger charge is 2.44. The van der Waals surface area contributed by atoms with Gasteiger partial charge in [-0.05, 0) is 68.6 Å². The number of epoxide rings is 1. The number of ether oxygens (including phenoxy) is 3. The first-order valence-corrected chi connectivity index (χ1v) is 15.9. The normalized spacial score (nSPS) is 32.7. The Balaban J connectivity index is 1.67. The van der Waals surface area contributed by atoms with Gasteiger partial charge in [0.15, 0.2) is 0 Å². The Labute approximate surface area is 257 Å². The van der Waals surface area contributed by atoms with Crippen molar-refractivity contribution in [2.75, 3.05) is 13.1 Å². The van der Waals surface area contributed by atoms with E-state index in [0.717, 1.165) is 18.4 Å². The predicted octanol–water partition coefficient (Wildman–Crippen LogP) is 4.86. The lowest BCUT2D eigenvalue weighted by Gasteiger charge is -2.31. The Morgan fingerprint density at radius 3 is 2.56 bits per heavy atom. The number of hydrogen-bond acceptors (Lipinski definition) is 8. The number of aliphatic hydroxyl groups excluding tert-OH is 3. The molecule has 0 aromatic carbocycles. The molecular formula is C34H53NO8. The summed E-state index contributed by atoms with van der Waals surface area (Å²) < 4.78 is 17.5. The van der Waals surface area contributed by atoms with Gasteiger partial charge in [-0.1, -0.05) is 58.6 Å². The average Bonchev–Trinajstić information content (AvgIpc) is 3.74. The van der Waals surface area contributed by atoms with E-state index in [-0.39, 0.29) is 42.5 Å². The maximum absolute atomic E-state index is 12.9. The Hall–Kier alpha value is -2.46. The maximum Gasteiger partial charge on any atom is 0.410 e. The molecule has 9 heteroatoms. The van der Waals surface area contributed by atoms with Crippen LogP contribution in [0.15, 0.2) is 48.1 Å². The minimum atomic E-state index is -0.900. The van der Waals surface area contributed by atoms with E-state index in [2.05, 4.69) is 19.6 Å². The van der Waals surface area contributed by atoms with Crippen molar-refractivity contribution in [2.45, 2.75) is 122 Å². The summed E-state index contributed by atoms with van der Waals surface area (Å²) in [4.78, 5) is 27.2. The SMILES string of the molecule is C=C1CCC(O)CC(=O)OC(/C(C)=C/C=C/C(C)CC2OC2C(C)C(O)CC)C(C)/C=C/C1OC(=O)N1CCC(O)CC1. The van der Waals surface area contributed by atoms with Crippen LogP contribution in [0.3, 0.4) is 0 Å². The number of amides is 1. The molecule has 3 N–H and O–H groups in total. The van der Waals surface area contributed by atoms with Crippen LogP contribution in [0.2, 0.25) is 0 Å². The topological polar surface area (TPSA) is 129 Å². The summed E-state index contributed by atoms with van der Waals surface area (Å²) in [5.74, 6) is -0.323. The lowest BCUT2D eigenvalue weighted by atomic mass is 9.93. The van der Waals surface area contributed by atoms with Gasteiger partial charge in [0.25, 0.3) is 0 Å². The number of piperidine rings is 1. The van der Waals surface area contributed by atoms with E-state index >= 15 is 0 Å². The summed E-state index contributed by atoms with van der Waals surface area (Å²) >= 11 is 0. The molecule has 0 aromatic rings. The highest BCUT2D eigenvalue weighted by molar-refractivity contribution is 5.70. The van der Waals surface area contributed by atoms with Crippen molar-refractivity contribution in [3.05, 3.63) is 48.1 Å². The van der Waals surface area contributed by atoms with Gasteiger partial charge in [0, 0.05) is 24.9 Å². The molecule has 43 heavy (non-hydrogen) atoms. The Morgan fingerprint density at radius 2 is 1.88 bits per heavy atom. The van der Waals surface area contributed by atoms with Gasteiger partial charge in [-0.2, -0.15) is 0 Å². The van der Waals surface area contributed by atoms with Crippen molar-refractivity contribution in [3.8, 4) is 0 Å². The first-order chi connectivity index (χ1) is 20.4. The summed E-state index contributed by atoms with van der Waals surface area (Å²) in [7, 11) is 0. The molecule has 9 unspecified atom stereocenters. The number of nitrogens with zero attached hydrogens (tertiary/aromatic N) is 1. The lowest BCUT2D eigenvalue weighted by molar-refractivity contribution is -0.151. The van der Waals surface area contributed by atoms with Crippen LogP contribution < -0.4 is 0 Å². The molecule has 9 atom stereocenters. The van der Waals surface area contributed by atoms with Gasteiger partial charge in [-0.15, -0.1) is 0 Å². The van der Waals surface area contributed by atoms with Crippen molar-refractivity contribution in [2.24, 2.45) is 17.8 Å². The van der Waals surface area contributed by atoms with E-state index in [1.54, 1.807) is 11.0 Å². The second kappa shape index (κ2) is 16.6. The van der Waals surface area contributed by atoms with Crippen LogP contribution in [0.5, 0.6) is 0 Å². The molecule has 2 saturated heterocycles. The van der Waals surface area contributed by atoms with Crippen molar-refractivity contribution < 1.29 is 39.1 Å². The molecule has 242 valence electrons. The van der Waals surface area contributed by atoms with Crippen molar-refractivity contribution in [1.82, 2.24) is 4.90 Å². The zero-order chi connectivity index (χ0) is 31.7. The molecule has 0 aliphatic carbocycles. The Bertz CT molecular complexity index is 1030. The zero-order valence-electron chi connectivity index (χ0n) is 26.6. The highest BCUT2D eigenvalue weighted by atomic mass is 16.6. The maximum atomic E-state index is 12.9. The minimum Gasteiger partial charge on any atom is -0.457 e. The van der Waals surface area contributed by atoms with Crippen LogP contribution in [0.25, 0.3) is 0 Å². The Kier molecular flexibility index (Phi) is 13.5. The number of carbonyl (C=O) groups excluding carboxylic acids is 2. The van der Waals surface area contributed by atoms with Crippen molar-refractivity contribution in [1.29, 1.82) is 0 Å². The van der Waals surface area contributed by atoms with E-state index in [9.17, 15) is 24.9 Å². The molecule has 0 aromatic heterocycles. The van der Waals surface area contributed by atoms with Crippen LogP contribution >= 0.6 is 0 Å². The molecule has 0 radical (unpaired) electrons. The molecular weight excluding hydrogens is 550 g/mol. The second-order valence-electron chi connectivity index (χ2n) is 12.7. The van der Waals surface area contributed by atoms with E-state index in [4.69, 9.17) is 14.2 Å². The van der Waals surface area contributed by atoms with Gasteiger partial charge in [0.2, 0.25) is 0 Å².